The molecule has 2 aromatic rings. The summed E-state index contributed by atoms with van der Waals surface area (Å²) in [5, 5.41) is 0. The highest BCUT2D eigenvalue weighted by atomic mass is 32.1. The lowest BCUT2D eigenvalue weighted by molar-refractivity contribution is 0.714. The molecule has 0 bridgehead atoms. The van der Waals surface area contributed by atoms with Crippen molar-refractivity contribution in [1.82, 2.24) is 4.57 Å². The van der Waals surface area contributed by atoms with Gasteiger partial charge in [0.05, 0.1) is 11.3 Å². The number of hydrogen-bond donors (Lipinski definition) is 1. The summed E-state index contributed by atoms with van der Waals surface area (Å²) in [6, 6.07) is 10.3. The van der Waals surface area contributed by atoms with Crippen LogP contribution < -0.4 is 11.3 Å². The molecular formula is C17H18N2OS. The van der Waals surface area contributed by atoms with Crippen molar-refractivity contribution < 1.29 is 0 Å². The quantitative estimate of drug-likeness (QED) is 0.886. The Labute approximate surface area is 129 Å². The van der Waals surface area contributed by atoms with Gasteiger partial charge < -0.3 is 10.3 Å². The monoisotopic (exact) mass is 298 g/mol. The third-order valence-corrected chi connectivity index (χ3v) is 4.18. The number of nitrogens with two attached hydrogens (primary N) is 1. The van der Waals surface area contributed by atoms with Crippen molar-refractivity contribution in [3.05, 3.63) is 57.4 Å². The first-order chi connectivity index (χ1) is 9.99. The number of nitrogens with zero attached hydrogens (tertiary/aromatic N) is 1. The van der Waals surface area contributed by atoms with Crippen molar-refractivity contribution in [3.8, 4) is 11.3 Å². The van der Waals surface area contributed by atoms with Crippen LogP contribution in [0.3, 0.4) is 0 Å². The molecule has 1 aliphatic rings. The van der Waals surface area contributed by atoms with Crippen LogP contribution >= 0.6 is 12.2 Å². The fourth-order valence-corrected chi connectivity index (χ4v) is 2.82. The average Bonchev–Trinajstić information content (AvgIpc) is 3.25. The minimum atomic E-state index is -0.0663. The van der Waals surface area contributed by atoms with E-state index in [1.165, 1.54) is 5.56 Å². The Morgan fingerprint density at radius 2 is 1.95 bits per heavy atom. The first-order valence-corrected chi connectivity index (χ1v) is 7.53. The molecule has 1 saturated carbocycles. The Morgan fingerprint density at radius 1 is 1.24 bits per heavy atom. The lowest BCUT2D eigenvalue weighted by atomic mass is 10.0. The fraction of sp³-hybridized carbons (Fsp3) is 0.294. The summed E-state index contributed by atoms with van der Waals surface area (Å²) in [5.74, 6) is 0. The zero-order valence-electron chi connectivity index (χ0n) is 12.2. The van der Waals surface area contributed by atoms with Gasteiger partial charge in [-0.15, -0.1) is 0 Å². The molecule has 3 nitrogen and oxygen atoms in total. The van der Waals surface area contributed by atoms with Gasteiger partial charge in [-0.3, -0.25) is 4.79 Å². The molecule has 0 radical (unpaired) electrons. The first kappa shape index (κ1) is 14.0. The predicted molar refractivity (Wildman–Crippen MR) is 89.8 cm³/mol. The standard InChI is InChI=1S/C17H18N2OS/c1-10-3-4-11(2)14(9-10)15-8-7-13(16(18)21)17(20)19(15)12-5-6-12/h3-4,7-9,12H,5-6H2,1-2H3,(H2,18,21). The van der Waals surface area contributed by atoms with Gasteiger partial charge in [-0.25, -0.2) is 0 Å². The lowest BCUT2D eigenvalue weighted by Crippen LogP contribution is -2.29. The van der Waals surface area contributed by atoms with Crippen LogP contribution in [-0.2, 0) is 0 Å². The Balaban J connectivity index is 2.28. The van der Waals surface area contributed by atoms with Crippen molar-refractivity contribution >= 4 is 17.2 Å². The highest BCUT2D eigenvalue weighted by Crippen LogP contribution is 2.37. The molecule has 0 spiro atoms. The van der Waals surface area contributed by atoms with Gasteiger partial charge in [-0.2, -0.15) is 0 Å². The highest BCUT2D eigenvalue weighted by molar-refractivity contribution is 7.80. The van der Waals surface area contributed by atoms with Gasteiger partial charge in [-0.05, 0) is 50.5 Å². The van der Waals surface area contributed by atoms with E-state index in [1.54, 1.807) is 6.07 Å². The van der Waals surface area contributed by atoms with Crippen LogP contribution in [0, 0.1) is 13.8 Å². The summed E-state index contributed by atoms with van der Waals surface area (Å²) < 4.78 is 1.87. The Hall–Kier alpha value is -1.94. The number of pyridine rings is 1. The van der Waals surface area contributed by atoms with Crippen molar-refractivity contribution in [3.63, 3.8) is 0 Å². The molecule has 0 saturated heterocycles. The van der Waals surface area contributed by atoms with Crippen molar-refractivity contribution in [1.29, 1.82) is 0 Å². The predicted octanol–water partition coefficient (Wildman–Crippen LogP) is 3.10. The van der Waals surface area contributed by atoms with E-state index in [-0.39, 0.29) is 16.6 Å². The molecule has 21 heavy (non-hydrogen) atoms. The van der Waals surface area contributed by atoms with Crippen LogP contribution in [0.2, 0.25) is 0 Å². The van der Waals surface area contributed by atoms with Gasteiger partial charge in [0, 0.05) is 11.6 Å². The van der Waals surface area contributed by atoms with Crippen molar-refractivity contribution in [2.45, 2.75) is 32.7 Å². The zero-order valence-corrected chi connectivity index (χ0v) is 13.0. The maximum Gasteiger partial charge on any atom is 0.261 e. The summed E-state index contributed by atoms with van der Waals surface area (Å²) in [6.45, 7) is 4.13. The number of thiocarbonyl (C=S) groups is 1. The van der Waals surface area contributed by atoms with Crippen molar-refractivity contribution in [2.24, 2.45) is 5.73 Å². The Kier molecular flexibility index (Phi) is 3.41. The minimum Gasteiger partial charge on any atom is -0.389 e. The third kappa shape index (κ3) is 2.51. The number of aryl methyl sites for hydroxylation is 2. The van der Waals surface area contributed by atoms with E-state index < -0.39 is 0 Å². The molecule has 4 heteroatoms. The molecule has 1 aromatic heterocycles. The van der Waals surface area contributed by atoms with Gasteiger partial charge >= 0.3 is 0 Å². The van der Waals surface area contributed by atoms with Crippen LogP contribution in [0.25, 0.3) is 11.3 Å². The van der Waals surface area contributed by atoms with Crippen LogP contribution in [0.5, 0.6) is 0 Å². The third-order valence-electron chi connectivity index (χ3n) is 3.96. The van der Waals surface area contributed by atoms with E-state index in [9.17, 15) is 4.79 Å². The lowest BCUT2D eigenvalue weighted by Gasteiger charge is -2.16. The van der Waals surface area contributed by atoms with Crippen LogP contribution in [0.15, 0.2) is 35.1 Å². The number of hydrogen-bond acceptors (Lipinski definition) is 2. The SMILES string of the molecule is Cc1ccc(C)c(-c2ccc(C(N)=S)c(=O)n2C2CC2)c1. The molecule has 2 N–H and O–H groups in total. The maximum absolute atomic E-state index is 12.7. The first-order valence-electron chi connectivity index (χ1n) is 7.12. The molecule has 1 fully saturated rings. The largest absolute Gasteiger partial charge is 0.389 e. The van der Waals surface area contributed by atoms with Crippen LogP contribution in [0.4, 0.5) is 0 Å². The highest BCUT2D eigenvalue weighted by Gasteiger charge is 2.28. The second kappa shape index (κ2) is 5.11. The van der Waals surface area contributed by atoms with E-state index in [1.807, 2.05) is 10.6 Å². The zero-order chi connectivity index (χ0) is 15.1. The van der Waals surface area contributed by atoms with E-state index in [0.29, 0.717) is 5.56 Å². The summed E-state index contributed by atoms with van der Waals surface area (Å²) in [7, 11) is 0. The minimum absolute atomic E-state index is 0.0663. The van der Waals surface area contributed by atoms with Gasteiger partial charge in [0.15, 0.2) is 0 Å². The molecule has 0 atom stereocenters. The van der Waals surface area contributed by atoms with Gasteiger partial charge in [-0.1, -0.05) is 29.9 Å². The summed E-state index contributed by atoms with van der Waals surface area (Å²) in [5.41, 5.74) is 10.4. The second-order valence-electron chi connectivity index (χ2n) is 5.72. The smallest absolute Gasteiger partial charge is 0.261 e. The van der Waals surface area contributed by atoms with E-state index >= 15 is 0 Å². The van der Waals surface area contributed by atoms with Gasteiger partial charge in [0.1, 0.15) is 4.99 Å². The normalized spacial score (nSPS) is 14.2. The van der Waals surface area contributed by atoms with Crippen LogP contribution in [0.1, 0.15) is 35.6 Å². The Bertz CT molecular complexity index is 788. The van der Waals surface area contributed by atoms with Gasteiger partial charge in [0.2, 0.25) is 0 Å². The van der Waals surface area contributed by atoms with Gasteiger partial charge in [0.25, 0.3) is 5.56 Å². The molecule has 1 aromatic carbocycles. The van der Waals surface area contributed by atoms with Crippen molar-refractivity contribution in [2.75, 3.05) is 0 Å². The molecular weight excluding hydrogens is 280 g/mol. The molecule has 108 valence electrons. The number of rotatable bonds is 3. The fourth-order valence-electron chi connectivity index (χ4n) is 2.67. The summed E-state index contributed by atoms with van der Waals surface area (Å²) >= 11 is 4.99. The maximum atomic E-state index is 12.7. The molecule has 1 heterocycles. The van der Waals surface area contributed by atoms with Crippen LogP contribution in [-0.4, -0.2) is 9.56 Å². The summed E-state index contributed by atoms with van der Waals surface area (Å²) in [4.78, 5) is 12.8. The molecule has 3 rings (SSSR count). The molecule has 1 aliphatic carbocycles. The topological polar surface area (TPSA) is 48.0 Å². The number of benzene rings is 1. The average molecular weight is 298 g/mol. The Morgan fingerprint density at radius 3 is 2.57 bits per heavy atom. The van der Waals surface area contributed by atoms with E-state index in [0.717, 1.165) is 29.7 Å². The van der Waals surface area contributed by atoms with E-state index in [4.69, 9.17) is 18.0 Å². The van der Waals surface area contributed by atoms with E-state index in [2.05, 4.69) is 32.0 Å². The summed E-state index contributed by atoms with van der Waals surface area (Å²) in [6.07, 6.45) is 2.08. The number of aromatic nitrogens is 1. The second-order valence-corrected chi connectivity index (χ2v) is 6.16. The molecule has 0 aliphatic heterocycles. The molecule has 0 amide bonds. The molecule has 0 unspecified atom stereocenters.